The normalized spacial score (nSPS) is 13.8. The molecule has 0 aromatic carbocycles. The number of aromatic amines is 2. The van der Waals surface area contributed by atoms with Crippen LogP contribution in [0.3, 0.4) is 0 Å². The van der Waals surface area contributed by atoms with Gasteiger partial charge in [0.25, 0.3) is 23.6 Å². The van der Waals surface area contributed by atoms with Crippen LogP contribution in [-0.2, 0) is 9.59 Å². The van der Waals surface area contributed by atoms with E-state index in [0.717, 1.165) is 6.33 Å². The summed E-state index contributed by atoms with van der Waals surface area (Å²) in [6.07, 6.45) is 3.23. The van der Waals surface area contributed by atoms with Gasteiger partial charge in [0.2, 0.25) is 0 Å². The Morgan fingerprint density at radius 1 is 0.761 bits per heavy atom. The van der Waals surface area contributed by atoms with Crippen LogP contribution in [-0.4, -0.2) is 104 Å². The summed E-state index contributed by atoms with van der Waals surface area (Å²) in [7, 11) is 0. The van der Waals surface area contributed by atoms with Gasteiger partial charge in [0.15, 0.2) is 17.2 Å². The molecule has 2 aromatic heterocycles. The molecule has 0 aliphatic rings. The Labute approximate surface area is 267 Å². The van der Waals surface area contributed by atoms with E-state index in [4.69, 9.17) is 5.73 Å². The minimum atomic E-state index is -1.19. The summed E-state index contributed by atoms with van der Waals surface area (Å²) in [6.45, 7) is 11.0. The number of carbonyl (C=O) groups is 6. The van der Waals surface area contributed by atoms with Crippen LogP contribution in [0.15, 0.2) is 12.7 Å². The molecular weight excluding hydrogens is 600 g/mol. The van der Waals surface area contributed by atoms with E-state index in [0.29, 0.717) is 12.3 Å². The third kappa shape index (κ3) is 11.4. The van der Waals surface area contributed by atoms with Gasteiger partial charge < -0.3 is 47.4 Å². The molecule has 4 amide bonds. The minimum Gasteiger partial charge on any atom is -0.480 e. The highest BCUT2D eigenvalue weighted by atomic mass is 16.4. The van der Waals surface area contributed by atoms with Crippen LogP contribution in [0.1, 0.15) is 96.3 Å². The molecule has 0 aliphatic heterocycles. The first-order valence-corrected chi connectivity index (χ1v) is 15.1. The Hall–Kier alpha value is -4.64. The van der Waals surface area contributed by atoms with Gasteiger partial charge in [-0.2, -0.15) is 0 Å². The fourth-order valence-electron chi connectivity index (χ4n) is 4.50. The summed E-state index contributed by atoms with van der Waals surface area (Å²) in [5, 5.41) is 22.7. The Kier molecular flexibility index (Phi) is 14.5. The third-order valence-corrected chi connectivity index (χ3v) is 6.81. The largest absolute Gasteiger partial charge is 0.480 e. The SMILES string of the molecule is CC(C)C[C@@H](CN)NC(=O)c1nc[nH]c1C(=O)N[C@@H](C)C(=O)CNC[C@H](C)NC(=O)c1nc[nH]c1C(=O)N[C@@H](CC(C)C)C(=O)O. The Balaban J connectivity index is 1.86. The maximum atomic E-state index is 12.8. The maximum Gasteiger partial charge on any atom is 0.326 e. The second kappa shape index (κ2) is 17.7. The number of aromatic nitrogens is 4. The number of carbonyl (C=O) groups excluding carboxylic acids is 5. The van der Waals surface area contributed by atoms with E-state index < -0.39 is 47.7 Å². The van der Waals surface area contributed by atoms with Crippen molar-refractivity contribution in [3.8, 4) is 0 Å². The maximum absolute atomic E-state index is 12.8. The zero-order valence-electron chi connectivity index (χ0n) is 27.0. The molecule has 2 aromatic rings. The molecule has 2 rings (SSSR count). The second-order valence-electron chi connectivity index (χ2n) is 11.9. The van der Waals surface area contributed by atoms with Crippen molar-refractivity contribution in [3.63, 3.8) is 0 Å². The van der Waals surface area contributed by atoms with Gasteiger partial charge in [0, 0.05) is 25.2 Å². The Morgan fingerprint density at radius 2 is 1.28 bits per heavy atom. The second-order valence-corrected chi connectivity index (χ2v) is 11.9. The van der Waals surface area contributed by atoms with Crippen LogP contribution in [0.25, 0.3) is 0 Å². The summed E-state index contributed by atoms with van der Waals surface area (Å²) < 4.78 is 0. The highest BCUT2D eigenvalue weighted by molar-refractivity contribution is 6.06. The van der Waals surface area contributed by atoms with Gasteiger partial charge in [-0.1, -0.05) is 27.7 Å². The number of carboxylic acids is 1. The molecule has 0 saturated heterocycles. The number of carboxylic acid groups (broad SMARTS) is 1. The Morgan fingerprint density at radius 3 is 1.78 bits per heavy atom. The highest BCUT2D eigenvalue weighted by Gasteiger charge is 2.28. The van der Waals surface area contributed by atoms with Crippen LogP contribution in [0.2, 0.25) is 0 Å². The quantitative estimate of drug-likeness (QED) is 0.0944. The first kappa shape index (κ1) is 37.5. The van der Waals surface area contributed by atoms with Crippen molar-refractivity contribution < 1.29 is 33.9 Å². The molecule has 17 nitrogen and oxygen atoms in total. The van der Waals surface area contributed by atoms with Crippen molar-refractivity contribution in [2.45, 2.75) is 78.6 Å². The van der Waals surface area contributed by atoms with E-state index in [-0.39, 0.29) is 66.6 Å². The Bertz CT molecular complexity index is 1370. The average molecular weight is 647 g/mol. The molecule has 0 aliphatic carbocycles. The fourth-order valence-corrected chi connectivity index (χ4v) is 4.50. The van der Waals surface area contributed by atoms with Crippen LogP contribution in [0, 0.1) is 11.8 Å². The molecule has 0 unspecified atom stereocenters. The number of rotatable bonds is 19. The van der Waals surface area contributed by atoms with Gasteiger partial charge in [-0.05, 0) is 38.5 Å². The minimum absolute atomic E-state index is 0.0112. The lowest BCUT2D eigenvalue weighted by Crippen LogP contribution is -2.46. The molecular formula is C29H46N10O7. The molecule has 0 radical (unpaired) electrons. The lowest BCUT2D eigenvalue weighted by Gasteiger charge is -2.19. The topological polar surface area (TPSA) is 266 Å². The summed E-state index contributed by atoms with van der Waals surface area (Å²) in [6, 6.07) is -2.85. The fraction of sp³-hybridized carbons (Fsp3) is 0.586. The number of hydrogen-bond acceptors (Lipinski definition) is 10. The third-order valence-electron chi connectivity index (χ3n) is 6.81. The zero-order valence-corrected chi connectivity index (χ0v) is 27.0. The van der Waals surface area contributed by atoms with Gasteiger partial charge in [-0.15, -0.1) is 0 Å². The van der Waals surface area contributed by atoms with Gasteiger partial charge >= 0.3 is 5.97 Å². The van der Waals surface area contributed by atoms with Crippen molar-refractivity contribution in [3.05, 3.63) is 35.4 Å². The van der Waals surface area contributed by atoms with Crippen molar-refractivity contribution >= 4 is 35.4 Å². The summed E-state index contributed by atoms with van der Waals surface area (Å²) >= 11 is 0. The standard InChI is InChI=1S/C29H46N10O7/c1-14(2)7-18(9-30)38-27(43)23-22(33-13-34-23)26(42)37-17(6)20(40)11-31-10-16(5)36-25(41)21-24(35-12-32-21)28(44)39-19(29(45)46)8-15(3)4/h12-19,31H,7-11,30H2,1-6H3,(H,32,35)(H,33,34)(H,36,41)(H,37,42)(H,38,43)(H,39,44)(H,45,46)/t16-,17-,18-,19-/m0/s1. The van der Waals surface area contributed by atoms with Gasteiger partial charge in [-0.3, -0.25) is 24.0 Å². The first-order chi connectivity index (χ1) is 21.6. The van der Waals surface area contributed by atoms with Gasteiger partial charge in [0.1, 0.15) is 17.4 Å². The number of nitrogens with zero attached hydrogens (tertiary/aromatic N) is 2. The monoisotopic (exact) mass is 646 g/mol. The van der Waals surface area contributed by atoms with Crippen LogP contribution in [0.5, 0.6) is 0 Å². The van der Waals surface area contributed by atoms with Crippen molar-refractivity contribution in [1.29, 1.82) is 0 Å². The van der Waals surface area contributed by atoms with E-state index in [1.807, 2.05) is 27.7 Å². The molecule has 10 N–H and O–H groups in total. The predicted octanol–water partition coefficient (Wildman–Crippen LogP) is -0.439. The molecule has 17 heteroatoms. The number of aliphatic carboxylic acids is 1. The van der Waals surface area contributed by atoms with Crippen molar-refractivity contribution in [1.82, 2.24) is 46.5 Å². The molecule has 0 fully saturated rings. The van der Waals surface area contributed by atoms with E-state index in [2.05, 4.69) is 46.5 Å². The number of nitrogens with two attached hydrogens (primary N) is 1. The number of imidazole rings is 2. The first-order valence-electron chi connectivity index (χ1n) is 15.1. The van der Waals surface area contributed by atoms with E-state index in [9.17, 15) is 33.9 Å². The molecule has 254 valence electrons. The van der Waals surface area contributed by atoms with Crippen LogP contribution in [0.4, 0.5) is 0 Å². The van der Waals surface area contributed by atoms with E-state index >= 15 is 0 Å². The van der Waals surface area contributed by atoms with Gasteiger partial charge in [0.05, 0.1) is 25.2 Å². The number of H-pyrrole nitrogens is 2. The number of ketones is 1. The van der Waals surface area contributed by atoms with Crippen LogP contribution < -0.4 is 32.3 Å². The number of nitrogens with one attached hydrogen (secondary N) is 7. The average Bonchev–Trinajstić information content (AvgIpc) is 3.66. The zero-order chi connectivity index (χ0) is 34.6. The van der Waals surface area contributed by atoms with Gasteiger partial charge in [-0.25, -0.2) is 14.8 Å². The summed E-state index contributed by atoms with van der Waals surface area (Å²) in [5.74, 6) is -3.95. The van der Waals surface area contributed by atoms with E-state index in [1.165, 1.54) is 13.3 Å². The number of Topliss-reactive ketones (excluding diaryl/α,β-unsaturated/α-hetero) is 1. The molecule has 0 saturated carbocycles. The lowest BCUT2D eigenvalue weighted by atomic mass is 10.0. The molecule has 4 atom stereocenters. The number of hydrogen-bond donors (Lipinski definition) is 9. The van der Waals surface area contributed by atoms with Crippen molar-refractivity contribution in [2.75, 3.05) is 19.6 Å². The predicted molar refractivity (Wildman–Crippen MR) is 167 cm³/mol. The van der Waals surface area contributed by atoms with Crippen molar-refractivity contribution in [2.24, 2.45) is 17.6 Å². The molecule has 0 bridgehead atoms. The lowest BCUT2D eigenvalue weighted by molar-refractivity contribution is -0.139. The molecule has 46 heavy (non-hydrogen) atoms. The van der Waals surface area contributed by atoms with Crippen LogP contribution >= 0.6 is 0 Å². The highest BCUT2D eigenvalue weighted by Crippen LogP contribution is 2.10. The number of amides is 4. The summed E-state index contributed by atoms with van der Waals surface area (Å²) in [5.41, 5.74) is 5.16. The smallest absolute Gasteiger partial charge is 0.326 e. The van der Waals surface area contributed by atoms with E-state index in [1.54, 1.807) is 6.92 Å². The molecule has 2 heterocycles. The molecule has 0 spiro atoms. The summed E-state index contributed by atoms with van der Waals surface area (Å²) in [4.78, 5) is 88.3.